The minimum atomic E-state index is -0.00566. The van der Waals surface area contributed by atoms with Crippen LogP contribution in [0, 0.1) is 13.8 Å². The number of anilines is 1. The molecule has 2 atom stereocenters. The predicted molar refractivity (Wildman–Crippen MR) is 114 cm³/mol. The van der Waals surface area contributed by atoms with Gasteiger partial charge in [0.15, 0.2) is 0 Å². The molecule has 0 spiro atoms. The molecule has 6 heteroatoms. The topological polar surface area (TPSA) is 57.7 Å². The third kappa shape index (κ3) is 4.14. The van der Waals surface area contributed by atoms with Crippen LogP contribution >= 0.6 is 0 Å². The summed E-state index contributed by atoms with van der Waals surface area (Å²) in [7, 11) is 1.78. The van der Waals surface area contributed by atoms with Gasteiger partial charge in [-0.2, -0.15) is 0 Å². The summed E-state index contributed by atoms with van der Waals surface area (Å²) in [6.07, 6.45) is 5.92. The largest absolute Gasteiger partial charge is 0.378 e. The molecule has 2 unspecified atom stereocenters. The van der Waals surface area contributed by atoms with Crippen molar-refractivity contribution in [2.24, 2.45) is 0 Å². The van der Waals surface area contributed by atoms with Gasteiger partial charge in [-0.3, -0.25) is 9.88 Å². The summed E-state index contributed by atoms with van der Waals surface area (Å²) in [6, 6.07) is 10.9. The number of benzene rings is 1. The SMILES string of the molecule is COC1CN(C2CCN(C(=O)Nc3ccc(C)c(C)c3)CC2)C1c1cccnc1. The van der Waals surface area contributed by atoms with Crippen LogP contribution in [0.25, 0.3) is 0 Å². The molecule has 2 saturated heterocycles. The standard InChI is InChI=1S/C23H30N4O2/c1-16-6-7-19(13-17(16)2)25-23(28)26-11-8-20(9-12-26)27-15-21(29-3)22(27)18-5-4-10-24-14-18/h4-7,10,13-14,20-22H,8-9,11-12,15H2,1-3H3,(H,25,28). The van der Waals surface area contributed by atoms with E-state index < -0.39 is 0 Å². The first-order valence-corrected chi connectivity index (χ1v) is 10.4. The van der Waals surface area contributed by atoms with Crippen molar-refractivity contribution in [2.45, 2.75) is 44.9 Å². The van der Waals surface area contributed by atoms with Crippen LogP contribution in [0.1, 0.15) is 35.6 Å². The van der Waals surface area contributed by atoms with Crippen LogP contribution in [0.2, 0.25) is 0 Å². The summed E-state index contributed by atoms with van der Waals surface area (Å²) in [5.41, 5.74) is 4.49. The average Bonchev–Trinajstić information content (AvgIpc) is 2.71. The lowest BCUT2D eigenvalue weighted by Crippen LogP contribution is -2.60. The van der Waals surface area contributed by atoms with E-state index in [0.29, 0.717) is 6.04 Å². The molecule has 1 aromatic carbocycles. The summed E-state index contributed by atoms with van der Waals surface area (Å²) < 4.78 is 5.67. The van der Waals surface area contributed by atoms with Gasteiger partial charge in [0, 0.05) is 50.9 Å². The summed E-state index contributed by atoms with van der Waals surface area (Å²) in [4.78, 5) is 21.4. The molecule has 1 N–H and O–H groups in total. The monoisotopic (exact) mass is 394 g/mol. The Morgan fingerprint density at radius 1 is 1.17 bits per heavy atom. The van der Waals surface area contributed by atoms with E-state index in [1.54, 1.807) is 13.3 Å². The minimum Gasteiger partial charge on any atom is -0.378 e. The Bertz CT molecular complexity index is 849. The first-order valence-electron chi connectivity index (χ1n) is 10.4. The number of aryl methyl sites for hydroxylation is 2. The van der Waals surface area contributed by atoms with Crippen molar-refractivity contribution in [1.82, 2.24) is 14.8 Å². The van der Waals surface area contributed by atoms with E-state index in [2.05, 4.69) is 35.1 Å². The number of nitrogens with zero attached hydrogens (tertiary/aromatic N) is 3. The van der Waals surface area contributed by atoms with Crippen molar-refractivity contribution < 1.29 is 9.53 Å². The van der Waals surface area contributed by atoms with Crippen LogP contribution in [0.5, 0.6) is 0 Å². The lowest BCUT2D eigenvalue weighted by molar-refractivity contribution is -0.115. The first-order chi connectivity index (χ1) is 14.1. The molecule has 2 amide bonds. The third-order valence-electron chi connectivity index (χ3n) is 6.41. The molecule has 4 rings (SSSR count). The zero-order valence-electron chi connectivity index (χ0n) is 17.5. The number of piperidine rings is 1. The predicted octanol–water partition coefficient (Wildman–Crippen LogP) is 3.77. The molecule has 6 nitrogen and oxygen atoms in total. The summed E-state index contributed by atoms with van der Waals surface area (Å²) in [5, 5.41) is 3.05. The highest BCUT2D eigenvalue weighted by Crippen LogP contribution is 2.39. The number of carbonyl (C=O) groups excluding carboxylic acids is 1. The van der Waals surface area contributed by atoms with Crippen LogP contribution in [-0.2, 0) is 4.74 Å². The summed E-state index contributed by atoms with van der Waals surface area (Å²) in [6.45, 7) is 6.63. The molecule has 3 heterocycles. The number of urea groups is 1. The number of hydrogen-bond donors (Lipinski definition) is 1. The second kappa shape index (κ2) is 8.51. The van der Waals surface area contributed by atoms with Crippen LogP contribution in [0.15, 0.2) is 42.7 Å². The molecule has 29 heavy (non-hydrogen) atoms. The van der Waals surface area contributed by atoms with Crippen molar-refractivity contribution in [1.29, 1.82) is 0 Å². The lowest BCUT2D eigenvalue weighted by Gasteiger charge is -2.52. The molecule has 2 aromatic rings. The van der Waals surface area contributed by atoms with Crippen molar-refractivity contribution >= 4 is 11.7 Å². The molecular formula is C23H30N4O2. The van der Waals surface area contributed by atoms with E-state index in [1.165, 1.54) is 16.7 Å². The fraction of sp³-hybridized carbons (Fsp3) is 0.478. The maximum atomic E-state index is 12.7. The number of hydrogen-bond acceptors (Lipinski definition) is 4. The van der Waals surface area contributed by atoms with Crippen molar-refractivity contribution in [3.8, 4) is 0 Å². The van der Waals surface area contributed by atoms with Crippen molar-refractivity contribution in [3.05, 3.63) is 59.4 Å². The second-order valence-corrected chi connectivity index (χ2v) is 8.15. The van der Waals surface area contributed by atoms with Gasteiger partial charge in [0.2, 0.25) is 0 Å². The Kier molecular flexibility index (Phi) is 5.83. The van der Waals surface area contributed by atoms with Gasteiger partial charge in [-0.25, -0.2) is 4.79 Å². The number of aromatic nitrogens is 1. The third-order valence-corrected chi connectivity index (χ3v) is 6.41. The molecule has 0 saturated carbocycles. The molecule has 0 bridgehead atoms. The van der Waals surface area contributed by atoms with E-state index in [9.17, 15) is 4.79 Å². The zero-order chi connectivity index (χ0) is 20.4. The highest BCUT2D eigenvalue weighted by Gasteiger charge is 2.44. The van der Waals surface area contributed by atoms with E-state index >= 15 is 0 Å². The van der Waals surface area contributed by atoms with Gasteiger partial charge in [0.05, 0.1) is 12.1 Å². The number of nitrogens with one attached hydrogen (secondary N) is 1. The smallest absolute Gasteiger partial charge is 0.321 e. The van der Waals surface area contributed by atoms with E-state index in [0.717, 1.165) is 38.2 Å². The van der Waals surface area contributed by atoms with E-state index in [1.807, 2.05) is 35.4 Å². The maximum absolute atomic E-state index is 12.7. The van der Waals surface area contributed by atoms with Crippen LogP contribution < -0.4 is 5.32 Å². The Balaban J connectivity index is 1.34. The quantitative estimate of drug-likeness (QED) is 0.858. The van der Waals surface area contributed by atoms with Gasteiger partial charge in [-0.05, 0) is 61.6 Å². The molecule has 2 aliphatic heterocycles. The van der Waals surface area contributed by atoms with Gasteiger partial charge < -0.3 is 15.0 Å². The normalized spacial score (nSPS) is 22.9. The van der Waals surface area contributed by atoms with Crippen LogP contribution in [0.3, 0.4) is 0 Å². The molecule has 0 radical (unpaired) electrons. The zero-order valence-corrected chi connectivity index (χ0v) is 17.5. The molecular weight excluding hydrogens is 364 g/mol. The fourth-order valence-electron chi connectivity index (χ4n) is 4.46. The molecule has 154 valence electrons. The summed E-state index contributed by atoms with van der Waals surface area (Å²) >= 11 is 0. The maximum Gasteiger partial charge on any atom is 0.321 e. The Morgan fingerprint density at radius 3 is 2.62 bits per heavy atom. The fourth-order valence-corrected chi connectivity index (χ4v) is 4.46. The number of pyridine rings is 1. The van der Waals surface area contributed by atoms with Crippen LogP contribution in [-0.4, -0.2) is 59.7 Å². The number of amides is 2. The van der Waals surface area contributed by atoms with Gasteiger partial charge >= 0.3 is 6.03 Å². The number of ether oxygens (including phenoxy) is 1. The highest BCUT2D eigenvalue weighted by atomic mass is 16.5. The van der Waals surface area contributed by atoms with Gasteiger partial charge in [0.25, 0.3) is 0 Å². The molecule has 2 fully saturated rings. The molecule has 2 aliphatic rings. The average molecular weight is 395 g/mol. The number of likely N-dealkylation sites (tertiary alicyclic amines) is 2. The molecule has 0 aliphatic carbocycles. The number of carbonyl (C=O) groups is 1. The second-order valence-electron chi connectivity index (χ2n) is 8.15. The van der Waals surface area contributed by atoms with Gasteiger partial charge in [0.1, 0.15) is 0 Å². The first kappa shape index (κ1) is 19.9. The Morgan fingerprint density at radius 2 is 1.97 bits per heavy atom. The van der Waals surface area contributed by atoms with Crippen LogP contribution in [0.4, 0.5) is 10.5 Å². The minimum absolute atomic E-state index is 0.00566. The van der Waals surface area contributed by atoms with Crippen molar-refractivity contribution in [3.63, 3.8) is 0 Å². The highest BCUT2D eigenvalue weighted by molar-refractivity contribution is 5.89. The molecule has 1 aromatic heterocycles. The lowest BCUT2D eigenvalue weighted by atomic mass is 9.88. The summed E-state index contributed by atoms with van der Waals surface area (Å²) in [5.74, 6) is 0. The number of rotatable bonds is 4. The number of methoxy groups -OCH3 is 1. The van der Waals surface area contributed by atoms with Gasteiger partial charge in [-0.15, -0.1) is 0 Å². The van der Waals surface area contributed by atoms with E-state index in [-0.39, 0.29) is 18.2 Å². The Labute approximate surface area is 172 Å². The Hall–Kier alpha value is -2.44. The van der Waals surface area contributed by atoms with E-state index in [4.69, 9.17) is 4.74 Å². The van der Waals surface area contributed by atoms with Crippen molar-refractivity contribution in [2.75, 3.05) is 32.1 Å². The van der Waals surface area contributed by atoms with Gasteiger partial charge in [-0.1, -0.05) is 12.1 Å².